The van der Waals surface area contributed by atoms with Crippen molar-refractivity contribution in [3.8, 4) is 0 Å². The number of aromatic nitrogens is 4. The first-order valence-electron chi connectivity index (χ1n) is 13.7. The molecule has 2 aliphatic rings. The van der Waals surface area contributed by atoms with E-state index in [0.717, 1.165) is 75.1 Å². The Labute approximate surface area is 224 Å². The van der Waals surface area contributed by atoms with E-state index in [-0.39, 0.29) is 6.04 Å². The lowest BCUT2D eigenvalue weighted by molar-refractivity contribution is 0.0489. The van der Waals surface area contributed by atoms with Crippen LogP contribution in [0.4, 0.5) is 22.1 Å². The van der Waals surface area contributed by atoms with Gasteiger partial charge in [0, 0.05) is 61.9 Å². The molecule has 3 heterocycles. The summed E-state index contributed by atoms with van der Waals surface area (Å²) in [6, 6.07) is 8.53. The van der Waals surface area contributed by atoms with Crippen molar-refractivity contribution in [2.24, 2.45) is 5.92 Å². The molecule has 38 heavy (non-hydrogen) atoms. The monoisotopic (exact) mass is 520 g/mol. The van der Waals surface area contributed by atoms with Gasteiger partial charge in [-0.05, 0) is 83.7 Å². The van der Waals surface area contributed by atoms with Crippen LogP contribution in [0.25, 0.3) is 11.0 Å². The summed E-state index contributed by atoms with van der Waals surface area (Å²) in [7, 11) is 2.17. The van der Waals surface area contributed by atoms with Crippen LogP contribution in [0, 0.1) is 5.92 Å². The van der Waals surface area contributed by atoms with Gasteiger partial charge in [0.1, 0.15) is 0 Å². The fourth-order valence-corrected chi connectivity index (χ4v) is 5.83. The molecule has 2 aromatic heterocycles. The number of likely N-dealkylation sites (N-methyl/N-ethyl adjacent to an activating group) is 1. The van der Waals surface area contributed by atoms with Crippen LogP contribution in [0.5, 0.6) is 0 Å². The van der Waals surface area contributed by atoms with Crippen LogP contribution in [0.15, 0.2) is 36.7 Å². The van der Waals surface area contributed by atoms with Crippen LogP contribution in [0.2, 0.25) is 0 Å². The zero-order valence-electron chi connectivity index (χ0n) is 23.0. The van der Waals surface area contributed by atoms with E-state index in [4.69, 9.17) is 4.98 Å². The molecule has 3 aromatic rings. The van der Waals surface area contributed by atoms with Crippen molar-refractivity contribution in [1.82, 2.24) is 29.5 Å². The molecule has 10 nitrogen and oxygen atoms in total. The first-order valence-corrected chi connectivity index (χ1v) is 13.7. The predicted octanol–water partition coefficient (Wildman–Crippen LogP) is 4.66. The van der Waals surface area contributed by atoms with Gasteiger partial charge in [-0.25, -0.2) is 14.5 Å². The summed E-state index contributed by atoms with van der Waals surface area (Å²) < 4.78 is 1.97. The second kappa shape index (κ2) is 10.8. The molecule has 0 spiro atoms. The summed E-state index contributed by atoms with van der Waals surface area (Å²) in [5, 5.41) is 18.6. The molecule has 1 aliphatic carbocycles. The SMILES string of the molecule is CN1CCN(c2ccc(Nc3ncc4cnn(CC5CCC(N(C(=O)O)C(C)(C)C)CC5)c4n3)cc2)CC1. The second-order valence-corrected chi connectivity index (χ2v) is 11.8. The number of rotatable bonds is 6. The van der Waals surface area contributed by atoms with Crippen LogP contribution in [-0.2, 0) is 6.54 Å². The number of hydrogen-bond donors (Lipinski definition) is 2. The quantitative estimate of drug-likeness (QED) is 0.484. The second-order valence-electron chi connectivity index (χ2n) is 11.8. The van der Waals surface area contributed by atoms with Gasteiger partial charge in [-0.3, -0.25) is 0 Å². The third kappa shape index (κ3) is 5.85. The number of hydrogen-bond acceptors (Lipinski definition) is 7. The smallest absolute Gasteiger partial charge is 0.407 e. The Bertz CT molecular complexity index is 1240. The Hall–Kier alpha value is -3.40. The van der Waals surface area contributed by atoms with Gasteiger partial charge in [0.05, 0.1) is 11.6 Å². The highest BCUT2D eigenvalue weighted by Crippen LogP contribution is 2.33. The molecule has 0 radical (unpaired) electrons. The zero-order chi connectivity index (χ0) is 26.9. The average Bonchev–Trinajstić information content (AvgIpc) is 3.27. The standard InChI is InChI=1S/C28H40N8O2/c1-28(2,3)36(27(37)38)24-9-5-20(6-10-24)19-35-25-21(18-30-35)17-29-26(32-25)31-22-7-11-23(12-8-22)34-15-13-33(4)14-16-34/h7-8,11-12,17-18,20,24H,5-6,9-10,13-16,19H2,1-4H3,(H,37,38)(H,29,31,32). The highest BCUT2D eigenvalue weighted by Gasteiger charge is 2.35. The first kappa shape index (κ1) is 26.2. The van der Waals surface area contributed by atoms with E-state index in [0.29, 0.717) is 11.9 Å². The highest BCUT2D eigenvalue weighted by atomic mass is 16.4. The highest BCUT2D eigenvalue weighted by molar-refractivity contribution is 5.75. The first-order chi connectivity index (χ1) is 18.2. The molecule has 2 fully saturated rings. The lowest BCUT2D eigenvalue weighted by atomic mass is 9.84. The van der Waals surface area contributed by atoms with E-state index in [1.165, 1.54) is 5.69 Å². The fraction of sp³-hybridized carbons (Fsp3) is 0.571. The van der Waals surface area contributed by atoms with E-state index in [1.54, 1.807) is 4.90 Å². The fourth-order valence-electron chi connectivity index (χ4n) is 5.83. The van der Waals surface area contributed by atoms with Crippen LogP contribution >= 0.6 is 0 Å². The maximum Gasteiger partial charge on any atom is 0.407 e. The maximum atomic E-state index is 11.9. The molecular weight excluding hydrogens is 480 g/mol. The van der Waals surface area contributed by atoms with Crippen molar-refractivity contribution in [3.05, 3.63) is 36.7 Å². The molecule has 10 heteroatoms. The van der Waals surface area contributed by atoms with Crippen molar-refractivity contribution in [2.45, 2.75) is 64.6 Å². The van der Waals surface area contributed by atoms with Gasteiger partial charge in [0.2, 0.25) is 5.95 Å². The topological polar surface area (TPSA) is 103 Å². The number of nitrogens with one attached hydrogen (secondary N) is 1. The maximum absolute atomic E-state index is 11.9. The number of anilines is 3. The van der Waals surface area contributed by atoms with Crippen molar-refractivity contribution in [2.75, 3.05) is 43.4 Å². The third-order valence-corrected chi connectivity index (χ3v) is 7.91. The van der Waals surface area contributed by atoms with E-state index in [2.05, 4.69) is 56.5 Å². The lowest BCUT2D eigenvalue weighted by Crippen LogP contribution is -2.52. The molecule has 1 saturated heterocycles. The number of fused-ring (bicyclic) bond motifs is 1. The number of carbonyl (C=O) groups is 1. The van der Waals surface area contributed by atoms with Gasteiger partial charge in [-0.1, -0.05) is 0 Å². The van der Waals surface area contributed by atoms with Crippen LogP contribution < -0.4 is 10.2 Å². The normalized spacial score (nSPS) is 21.0. The summed E-state index contributed by atoms with van der Waals surface area (Å²) in [5.74, 6) is 0.996. The third-order valence-electron chi connectivity index (χ3n) is 7.91. The van der Waals surface area contributed by atoms with Gasteiger partial charge < -0.3 is 25.1 Å². The molecule has 0 atom stereocenters. The number of amides is 1. The van der Waals surface area contributed by atoms with Crippen molar-refractivity contribution >= 4 is 34.4 Å². The molecule has 2 N–H and O–H groups in total. The van der Waals surface area contributed by atoms with Gasteiger partial charge >= 0.3 is 6.09 Å². The minimum absolute atomic E-state index is 0.0684. The number of benzene rings is 1. The summed E-state index contributed by atoms with van der Waals surface area (Å²) in [5.41, 5.74) is 2.61. The van der Waals surface area contributed by atoms with Crippen molar-refractivity contribution in [1.29, 1.82) is 0 Å². The molecule has 204 valence electrons. The molecule has 0 unspecified atom stereocenters. The molecular formula is C28H40N8O2. The Balaban J connectivity index is 1.22. The number of nitrogens with zero attached hydrogens (tertiary/aromatic N) is 7. The predicted molar refractivity (Wildman–Crippen MR) is 150 cm³/mol. The minimum Gasteiger partial charge on any atom is -0.465 e. The molecule has 1 amide bonds. The van der Waals surface area contributed by atoms with Crippen molar-refractivity contribution < 1.29 is 9.90 Å². The van der Waals surface area contributed by atoms with Crippen LogP contribution in [0.3, 0.4) is 0 Å². The van der Waals surface area contributed by atoms with E-state index in [1.807, 2.05) is 37.8 Å². The Morgan fingerprint density at radius 1 is 1.05 bits per heavy atom. The molecule has 1 aliphatic heterocycles. The molecule has 0 bridgehead atoms. The summed E-state index contributed by atoms with van der Waals surface area (Å²) in [6.45, 7) is 10.9. The Morgan fingerprint density at radius 2 is 1.74 bits per heavy atom. The molecule has 5 rings (SSSR count). The largest absolute Gasteiger partial charge is 0.465 e. The Morgan fingerprint density at radius 3 is 2.37 bits per heavy atom. The average molecular weight is 521 g/mol. The van der Waals surface area contributed by atoms with Gasteiger partial charge in [0.15, 0.2) is 5.65 Å². The van der Waals surface area contributed by atoms with Crippen molar-refractivity contribution in [3.63, 3.8) is 0 Å². The summed E-state index contributed by atoms with van der Waals surface area (Å²) in [4.78, 5) is 27.6. The molecule has 1 saturated carbocycles. The van der Waals surface area contributed by atoms with Gasteiger partial charge in [-0.15, -0.1) is 0 Å². The Kier molecular flexibility index (Phi) is 7.43. The minimum atomic E-state index is -0.829. The zero-order valence-corrected chi connectivity index (χ0v) is 23.0. The van der Waals surface area contributed by atoms with E-state index in [9.17, 15) is 9.90 Å². The van der Waals surface area contributed by atoms with E-state index >= 15 is 0 Å². The summed E-state index contributed by atoms with van der Waals surface area (Å²) in [6.07, 6.45) is 6.51. The molecule has 1 aromatic carbocycles. The summed E-state index contributed by atoms with van der Waals surface area (Å²) >= 11 is 0. The van der Waals surface area contributed by atoms with Crippen LogP contribution in [0.1, 0.15) is 46.5 Å². The van der Waals surface area contributed by atoms with Gasteiger partial charge in [0.25, 0.3) is 0 Å². The number of piperazine rings is 1. The lowest BCUT2D eigenvalue weighted by Gasteiger charge is -2.42. The van der Waals surface area contributed by atoms with Crippen LogP contribution in [-0.4, -0.2) is 85.6 Å². The van der Waals surface area contributed by atoms with E-state index < -0.39 is 11.6 Å². The van der Waals surface area contributed by atoms with Gasteiger partial charge in [-0.2, -0.15) is 10.1 Å². The number of carboxylic acid groups (broad SMARTS) is 1.